The average molecular weight is 378 g/mol. The van der Waals surface area contributed by atoms with E-state index in [0.717, 1.165) is 17.5 Å². The summed E-state index contributed by atoms with van der Waals surface area (Å²) in [5.74, 6) is 0.724. The van der Waals surface area contributed by atoms with Gasteiger partial charge in [-0.1, -0.05) is 36.2 Å². The van der Waals surface area contributed by atoms with Gasteiger partial charge in [0.15, 0.2) is 0 Å². The minimum atomic E-state index is -1.51. The minimum absolute atomic E-state index is 0. The number of carbonyl (C=O) groups is 1. The summed E-state index contributed by atoms with van der Waals surface area (Å²) in [6.45, 7) is 2.49. The first-order chi connectivity index (χ1) is 11.1. The Bertz CT molecular complexity index is 660. The van der Waals surface area contributed by atoms with Crippen molar-refractivity contribution in [3.63, 3.8) is 0 Å². The van der Waals surface area contributed by atoms with E-state index in [0.29, 0.717) is 22.2 Å². The van der Waals surface area contributed by atoms with Crippen LogP contribution in [0.15, 0.2) is 42.5 Å². The van der Waals surface area contributed by atoms with E-state index in [1.807, 2.05) is 31.2 Å². The predicted octanol–water partition coefficient (Wildman–Crippen LogP) is 4.91. The van der Waals surface area contributed by atoms with Crippen LogP contribution in [0, 0.1) is 0 Å². The summed E-state index contributed by atoms with van der Waals surface area (Å²) in [7, 11) is 0.0850. The molecule has 0 bridgehead atoms. The first-order valence-corrected chi connectivity index (χ1v) is 9.15. The maximum absolute atomic E-state index is 13.0. The first-order valence-electron chi connectivity index (χ1n) is 7.14. The number of hydrogen-bond acceptors (Lipinski definition) is 3. The van der Waals surface area contributed by atoms with Gasteiger partial charge in [-0.25, -0.2) is 0 Å². The SMILES string of the molecule is CCCOP(C(=O)c1c(Cl)cccc1Cl)c1ccc(OC)cc1.[Li]. The number of hydrogen-bond donors (Lipinski definition) is 0. The quantitative estimate of drug-likeness (QED) is 0.507. The van der Waals surface area contributed by atoms with E-state index in [1.54, 1.807) is 25.3 Å². The van der Waals surface area contributed by atoms with E-state index in [-0.39, 0.29) is 24.4 Å². The Balaban J connectivity index is 0.00000288. The summed E-state index contributed by atoms with van der Waals surface area (Å²) in [5, 5.41) is 1.47. The fraction of sp³-hybridized carbons (Fsp3) is 0.235. The minimum Gasteiger partial charge on any atom is -0.497 e. The second kappa shape index (κ2) is 10.5. The summed E-state index contributed by atoms with van der Waals surface area (Å²) in [6.07, 6.45) is 0.818. The van der Waals surface area contributed by atoms with Crippen LogP contribution in [-0.2, 0) is 4.52 Å². The van der Waals surface area contributed by atoms with E-state index < -0.39 is 8.15 Å². The Morgan fingerprint density at radius 2 is 1.67 bits per heavy atom. The number of rotatable bonds is 7. The zero-order valence-corrected chi connectivity index (χ0v) is 16.3. The third-order valence-corrected chi connectivity index (χ3v) is 5.52. The van der Waals surface area contributed by atoms with Crippen molar-refractivity contribution in [3.8, 4) is 5.75 Å². The molecule has 7 heteroatoms. The van der Waals surface area contributed by atoms with Gasteiger partial charge < -0.3 is 9.26 Å². The van der Waals surface area contributed by atoms with Crippen LogP contribution in [0.1, 0.15) is 23.7 Å². The number of benzene rings is 2. The van der Waals surface area contributed by atoms with Gasteiger partial charge in [0.1, 0.15) is 13.9 Å². The maximum Gasteiger partial charge on any atom is 0.219 e. The Labute approximate surface area is 165 Å². The monoisotopic (exact) mass is 377 g/mol. The zero-order valence-electron chi connectivity index (χ0n) is 13.9. The molecule has 0 spiro atoms. The molecule has 0 heterocycles. The van der Waals surface area contributed by atoms with Crippen LogP contribution in [0.3, 0.4) is 0 Å². The van der Waals surface area contributed by atoms with Crippen molar-refractivity contribution in [2.24, 2.45) is 0 Å². The standard InChI is InChI=1S/C17H17Cl2O3P.Li/c1-3-11-22-23(13-9-7-12(21-2)8-10-13)17(20)16-14(18)5-4-6-15(16)19;/h4-10H,3,11H2,1-2H3;. The van der Waals surface area contributed by atoms with Crippen molar-refractivity contribution >= 4 is 61.0 Å². The van der Waals surface area contributed by atoms with Gasteiger partial charge in [0.05, 0.1) is 29.3 Å². The van der Waals surface area contributed by atoms with Crippen LogP contribution in [0.5, 0.6) is 5.75 Å². The Kier molecular flexibility index (Phi) is 9.38. The van der Waals surface area contributed by atoms with Crippen molar-refractivity contribution < 1.29 is 14.1 Å². The number of carbonyl (C=O) groups excluding carboxylic acids is 1. The molecular formula is C17H17Cl2LiO3P. The van der Waals surface area contributed by atoms with Crippen molar-refractivity contribution in [3.05, 3.63) is 58.1 Å². The van der Waals surface area contributed by atoms with Crippen molar-refractivity contribution in [1.29, 1.82) is 0 Å². The molecule has 1 unspecified atom stereocenters. The average Bonchev–Trinajstić information content (AvgIpc) is 2.55. The molecule has 0 aliphatic heterocycles. The van der Waals surface area contributed by atoms with Gasteiger partial charge in [0.25, 0.3) is 0 Å². The zero-order chi connectivity index (χ0) is 16.8. The Hall–Kier alpha value is -0.523. The fourth-order valence-corrected chi connectivity index (χ4v) is 4.38. The van der Waals surface area contributed by atoms with Crippen LogP contribution in [0.25, 0.3) is 0 Å². The third kappa shape index (κ3) is 5.23. The molecular weight excluding hydrogens is 361 g/mol. The number of ether oxygens (including phenoxy) is 1. The Morgan fingerprint density at radius 3 is 2.17 bits per heavy atom. The molecule has 0 saturated heterocycles. The van der Waals surface area contributed by atoms with Gasteiger partial charge in [-0.3, -0.25) is 4.79 Å². The van der Waals surface area contributed by atoms with E-state index in [4.69, 9.17) is 32.5 Å². The van der Waals surface area contributed by atoms with Crippen molar-refractivity contribution in [1.82, 2.24) is 0 Å². The van der Waals surface area contributed by atoms with Crippen LogP contribution >= 0.6 is 31.4 Å². The summed E-state index contributed by atoms with van der Waals surface area (Å²) in [6, 6.07) is 12.3. The molecule has 0 aliphatic carbocycles. The molecule has 123 valence electrons. The molecule has 2 aromatic carbocycles. The largest absolute Gasteiger partial charge is 0.497 e. The summed E-state index contributed by atoms with van der Waals surface area (Å²) in [4.78, 5) is 13.0. The van der Waals surface area contributed by atoms with E-state index >= 15 is 0 Å². The fourth-order valence-electron chi connectivity index (χ4n) is 1.95. The van der Waals surface area contributed by atoms with Crippen molar-refractivity contribution in [2.45, 2.75) is 13.3 Å². The van der Waals surface area contributed by atoms with Crippen LogP contribution in [-0.4, -0.2) is 38.1 Å². The van der Waals surface area contributed by atoms with E-state index in [9.17, 15) is 4.79 Å². The third-order valence-electron chi connectivity index (χ3n) is 3.09. The molecule has 24 heavy (non-hydrogen) atoms. The molecule has 1 atom stereocenters. The van der Waals surface area contributed by atoms with E-state index in [1.165, 1.54) is 0 Å². The number of halogens is 2. The summed E-state index contributed by atoms with van der Waals surface area (Å²) < 4.78 is 11.0. The molecule has 2 aromatic rings. The van der Waals surface area contributed by atoms with Gasteiger partial charge >= 0.3 is 0 Å². The van der Waals surface area contributed by atoms with Crippen molar-refractivity contribution in [2.75, 3.05) is 13.7 Å². The smallest absolute Gasteiger partial charge is 0.219 e. The molecule has 3 nitrogen and oxygen atoms in total. The first kappa shape index (κ1) is 21.5. The molecule has 0 amide bonds. The molecule has 1 radical (unpaired) electrons. The van der Waals surface area contributed by atoms with Gasteiger partial charge in [-0.2, -0.15) is 0 Å². The van der Waals surface area contributed by atoms with Crippen LogP contribution in [0.2, 0.25) is 10.0 Å². The van der Waals surface area contributed by atoms with E-state index in [2.05, 4.69) is 0 Å². The second-order valence-corrected chi connectivity index (χ2v) is 7.31. The molecule has 0 saturated carbocycles. The molecule has 0 fully saturated rings. The van der Waals surface area contributed by atoms with Gasteiger partial charge in [-0.15, -0.1) is 0 Å². The predicted molar refractivity (Wildman–Crippen MR) is 102 cm³/mol. The van der Waals surface area contributed by atoms with Gasteiger partial charge in [0, 0.05) is 24.2 Å². The molecule has 2 rings (SSSR count). The Morgan fingerprint density at radius 1 is 1.08 bits per heavy atom. The van der Waals surface area contributed by atoms with Gasteiger partial charge in [-0.05, 0) is 42.8 Å². The van der Waals surface area contributed by atoms with Crippen LogP contribution in [0.4, 0.5) is 0 Å². The summed E-state index contributed by atoms with van der Waals surface area (Å²) in [5.41, 5.74) is 0.128. The molecule has 0 aromatic heterocycles. The molecule has 0 N–H and O–H groups in total. The molecule has 0 aliphatic rings. The van der Waals surface area contributed by atoms with Crippen LogP contribution < -0.4 is 10.0 Å². The topological polar surface area (TPSA) is 35.5 Å². The maximum atomic E-state index is 13.0. The van der Waals surface area contributed by atoms with Gasteiger partial charge in [0.2, 0.25) is 5.52 Å². The summed E-state index contributed by atoms with van der Waals surface area (Å²) >= 11 is 12.3. The number of methoxy groups -OCH3 is 1. The normalized spacial score (nSPS) is 11.5. The second-order valence-electron chi connectivity index (χ2n) is 4.73.